The van der Waals surface area contributed by atoms with Gasteiger partial charge in [0.1, 0.15) is 5.69 Å². The lowest BCUT2D eigenvalue weighted by Gasteiger charge is -2.42. The molecule has 1 aliphatic rings. The Hall–Kier alpha value is -4.17. The van der Waals surface area contributed by atoms with Gasteiger partial charge in [-0.15, -0.1) is 0 Å². The summed E-state index contributed by atoms with van der Waals surface area (Å²) < 4.78 is 0. The second-order valence-corrected chi connectivity index (χ2v) is 7.95. The number of pyridine rings is 1. The van der Waals surface area contributed by atoms with Crippen molar-refractivity contribution in [1.29, 1.82) is 10.5 Å². The van der Waals surface area contributed by atoms with Crippen LogP contribution in [0.3, 0.4) is 0 Å². The van der Waals surface area contributed by atoms with Gasteiger partial charge < -0.3 is 0 Å². The maximum atomic E-state index is 9.31. The first-order valence-electron chi connectivity index (χ1n) is 9.99. The molecule has 8 heteroatoms. The Morgan fingerprint density at radius 2 is 2.03 bits per heavy atom. The van der Waals surface area contributed by atoms with Gasteiger partial charge in [0.05, 0.1) is 59.3 Å². The maximum Gasteiger partial charge on any atom is 0.113 e. The van der Waals surface area contributed by atoms with E-state index < -0.39 is 5.54 Å². The van der Waals surface area contributed by atoms with E-state index in [4.69, 9.17) is 5.10 Å². The van der Waals surface area contributed by atoms with E-state index in [2.05, 4.69) is 32.2 Å². The molecule has 0 bridgehead atoms. The molecular weight excluding hydrogens is 388 g/mol. The van der Waals surface area contributed by atoms with E-state index in [-0.39, 0.29) is 12.3 Å². The van der Waals surface area contributed by atoms with E-state index in [1.807, 2.05) is 31.2 Å². The SMILES string of the molecule is Cc1cncc(-c2cc(-c3cnn(C4(CC#N)CC(C#N)C4)n3)c3cccnc3c2)n1. The molecule has 0 spiro atoms. The van der Waals surface area contributed by atoms with Gasteiger partial charge >= 0.3 is 0 Å². The number of rotatable bonds is 4. The summed E-state index contributed by atoms with van der Waals surface area (Å²) in [7, 11) is 0. The number of hydrogen-bond acceptors (Lipinski definition) is 7. The number of fused-ring (bicyclic) bond motifs is 1. The highest BCUT2D eigenvalue weighted by molar-refractivity contribution is 5.96. The van der Waals surface area contributed by atoms with Crippen LogP contribution in [0.5, 0.6) is 0 Å². The van der Waals surface area contributed by atoms with Crippen LogP contribution in [0.15, 0.2) is 49.1 Å². The highest BCUT2D eigenvalue weighted by atomic mass is 15.5. The zero-order valence-electron chi connectivity index (χ0n) is 16.9. The Morgan fingerprint density at radius 1 is 1.16 bits per heavy atom. The summed E-state index contributed by atoms with van der Waals surface area (Å²) in [5, 5.41) is 28.7. The minimum atomic E-state index is -0.513. The van der Waals surface area contributed by atoms with Gasteiger partial charge in [-0.2, -0.15) is 25.5 Å². The van der Waals surface area contributed by atoms with Gasteiger partial charge in [-0.1, -0.05) is 6.07 Å². The first kappa shape index (κ1) is 18.8. The molecule has 1 fully saturated rings. The van der Waals surface area contributed by atoms with E-state index >= 15 is 0 Å². The number of aryl methyl sites for hydroxylation is 1. The summed E-state index contributed by atoms with van der Waals surface area (Å²) in [6.45, 7) is 1.91. The van der Waals surface area contributed by atoms with Crippen molar-refractivity contribution >= 4 is 10.9 Å². The fraction of sp³-hybridized carbons (Fsp3) is 0.261. The minimum absolute atomic E-state index is 0.0592. The summed E-state index contributed by atoms with van der Waals surface area (Å²) in [5.74, 6) is -0.0592. The topological polar surface area (TPSA) is 117 Å². The maximum absolute atomic E-state index is 9.31. The molecule has 3 aromatic heterocycles. The molecule has 0 amide bonds. The van der Waals surface area contributed by atoms with Crippen LogP contribution < -0.4 is 0 Å². The number of aromatic nitrogens is 6. The van der Waals surface area contributed by atoms with Crippen molar-refractivity contribution in [1.82, 2.24) is 29.9 Å². The Morgan fingerprint density at radius 3 is 2.81 bits per heavy atom. The van der Waals surface area contributed by atoms with E-state index in [9.17, 15) is 10.5 Å². The lowest BCUT2D eigenvalue weighted by Crippen LogP contribution is -2.47. The van der Waals surface area contributed by atoms with Crippen LogP contribution in [0.1, 0.15) is 25.0 Å². The molecule has 1 aliphatic carbocycles. The van der Waals surface area contributed by atoms with Crippen LogP contribution in [0, 0.1) is 35.5 Å². The van der Waals surface area contributed by atoms with Crippen LogP contribution in [0.2, 0.25) is 0 Å². The van der Waals surface area contributed by atoms with E-state index in [0.717, 1.165) is 33.4 Å². The molecule has 4 aromatic rings. The largest absolute Gasteiger partial charge is 0.261 e. The van der Waals surface area contributed by atoms with Crippen molar-refractivity contribution in [2.24, 2.45) is 5.92 Å². The van der Waals surface area contributed by atoms with Crippen molar-refractivity contribution in [3.63, 3.8) is 0 Å². The average Bonchev–Trinajstić information content (AvgIpc) is 3.25. The molecular formula is C23H18N8. The number of hydrogen-bond donors (Lipinski definition) is 0. The van der Waals surface area contributed by atoms with Gasteiger partial charge in [-0.05, 0) is 38.0 Å². The van der Waals surface area contributed by atoms with Crippen LogP contribution >= 0.6 is 0 Å². The summed E-state index contributed by atoms with van der Waals surface area (Å²) in [6, 6.07) is 12.4. The zero-order valence-corrected chi connectivity index (χ0v) is 16.9. The third-order valence-electron chi connectivity index (χ3n) is 5.81. The fourth-order valence-electron chi connectivity index (χ4n) is 4.23. The standard InChI is InChI=1S/C23H18N8/c1-15-12-26-13-21(29-15)17-7-19(18-3-2-6-27-20(18)8-17)22-14-28-31(30-22)23(4-5-24)9-16(10-23)11-25/h2-3,6-8,12-14,16H,4,9-10H2,1H3. The second-order valence-electron chi connectivity index (χ2n) is 7.95. The Labute approximate surface area is 178 Å². The molecule has 150 valence electrons. The van der Waals surface area contributed by atoms with Crippen LogP contribution in [0.25, 0.3) is 33.4 Å². The fourth-order valence-corrected chi connectivity index (χ4v) is 4.23. The van der Waals surface area contributed by atoms with Crippen molar-refractivity contribution in [2.45, 2.75) is 31.7 Å². The molecule has 3 heterocycles. The smallest absolute Gasteiger partial charge is 0.113 e. The van der Waals surface area contributed by atoms with Crippen LogP contribution in [0.4, 0.5) is 0 Å². The first-order chi connectivity index (χ1) is 15.1. The predicted molar refractivity (Wildman–Crippen MR) is 113 cm³/mol. The monoisotopic (exact) mass is 406 g/mol. The Kier molecular flexibility index (Phi) is 4.41. The van der Waals surface area contributed by atoms with Gasteiger partial charge in [-0.25, -0.2) is 4.98 Å². The third-order valence-corrected chi connectivity index (χ3v) is 5.81. The summed E-state index contributed by atoms with van der Waals surface area (Å²) in [5.41, 5.74) is 4.39. The molecule has 5 rings (SSSR count). The highest BCUT2D eigenvalue weighted by Gasteiger charge is 2.48. The lowest BCUT2D eigenvalue weighted by atomic mass is 9.68. The summed E-state index contributed by atoms with van der Waals surface area (Å²) in [6.07, 6.45) is 8.38. The molecule has 0 aliphatic heterocycles. The predicted octanol–water partition coefficient (Wildman–Crippen LogP) is 3.80. The van der Waals surface area contributed by atoms with E-state index in [1.54, 1.807) is 29.6 Å². The molecule has 0 saturated heterocycles. The van der Waals surface area contributed by atoms with E-state index in [0.29, 0.717) is 18.5 Å². The molecule has 8 nitrogen and oxygen atoms in total. The molecule has 0 unspecified atom stereocenters. The van der Waals surface area contributed by atoms with Gasteiger partial charge in [0.2, 0.25) is 0 Å². The molecule has 0 radical (unpaired) electrons. The number of nitrogens with zero attached hydrogens (tertiary/aromatic N) is 8. The quantitative estimate of drug-likeness (QED) is 0.506. The molecule has 0 N–H and O–H groups in total. The first-order valence-corrected chi connectivity index (χ1v) is 9.99. The van der Waals surface area contributed by atoms with Crippen molar-refractivity contribution in [3.05, 3.63) is 54.7 Å². The molecule has 31 heavy (non-hydrogen) atoms. The van der Waals surface area contributed by atoms with E-state index in [1.165, 1.54) is 0 Å². The van der Waals surface area contributed by atoms with Gasteiger partial charge in [-0.3, -0.25) is 9.97 Å². The van der Waals surface area contributed by atoms with Crippen LogP contribution in [-0.4, -0.2) is 29.9 Å². The number of benzene rings is 1. The Bertz CT molecular complexity index is 1370. The van der Waals surface area contributed by atoms with Crippen molar-refractivity contribution in [3.8, 4) is 34.7 Å². The summed E-state index contributed by atoms with van der Waals surface area (Å²) >= 11 is 0. The molecule has 1 aromatic carbocycles. The second kappa shape index (κ2) is 7.26. The zero-order chi connectivity index (χ0) is 21.4. The summed E-state index contributed by atoms with van der Waals surface area (Å²) in [4.78, 5) is 15.0. The van der Waals surface area contributed by atoms with Crippen LogP contribution in [-0.2, 0) is 5.54 Å². The normalized spacial score (nSPS) is 20.0. The molecule has 0 atom stereocenters. The highest BCUT2D eigenvalue weighted by Crippen LogP contribution is 2.45. The van der Waals surface area contributed by atoms with Crippen molar-refractivity contribution in [2.75, 3.05) is 0 Å². The van der Waals surface area contributed by atoms with Gasteiger partial charge in [0.25, 0.3) is 0 Å². The third kappa shape index (κ3) is 3.19. The van der Waals surface area contributed by atoms with Crippen molar-refractivity contribution < 1.29 is 0 Å². The Balaban J connectivity index is 1.63. The average molecular weight is 406 g/mol. The van der Waals surface area contributed by atoms with Gasteiger partial charge in [0, 0.05) is 28.9 Å². The lowest BCUT2D eigenvalue weighted by molar-refractivity contribution is 0.0713. The minimum Gasteiger partial charge on any atom is -0.261 e. The molecule has 1 saturated carbocycles. The number of nitriles is 2. The van der Waals surface area contributed by atoms with Gasteiger partial charge in [0.15, 0.2) is 0 Å².